The van der Waals surface area contributed by atoms with E-state index in [9.17, 15) is 4.79 Å². The first-order chi connectivity index (χ1) is 9.22. The molecule has 0 bridgehead atoms. The molecule has 0 aliphatic heterocycles. The molecule has 0 amide bonds. The van der Waals surface area contributed by atoms with Crippen molar-refractivity contribution in [3.63, 3.8) is 0 Å². The summed E-state index contributed by atoms with van der Waals surface area (Å²) in [5, 5.41) is 9.06. The van der Waals surface area contributed by atoms with Gasteiger partial charge in [0.05, 0.1) is 12.2 Å². The van der Waals surface area contributed by atoms with Gasteiger partial charge < -0.3 is 9.84 Å². The molecular weight excluding hydrogens is 240 g/mol. The van der Waals surface area contributed by atoms with Gasteiger partial charge in [0.1, 0.15) is 0 Å². The van der Waals surface area contributed by atoms with Gasteiger partial charge in [-0.1, -0.05) is 36.4 Å². The second-order valence-electron chi connectivity index (χ2n) is 4.29. The third-order valence-corrected chi connectivity index (χ3v) is 3.01. The summed E-state index contributed by atoms with van der Waals surface area (Å²) >= 11 is 0. The molecule has 3 heteroatoms. The van der Waals surface area contributed by atoms with Crippen LogP contribution in [0.5, 0.6) is 0 Å². The van der Waals surface area contributed by atoms with Crippen molar-refractivity contribution in [2.45, 2.75) is 6.42 Å². The van der Waals surface area contributed by atoms with Crippen molar-refractivity contribution < 1.29 is 14.6 Å². The summed E-state index contributed by atoms with van der Waals surface area (Å²) in [6.07, 6.45) is 0.696. The molecule has 0 aromatic heterocycles. The number of hydrogen-bond donors (Lipinski definition) is 1. The molecule has 2 rings (SSSR count). The van der Waals surface area contributed by atoms with E-state index >= 15 is 0 Å². The van der Waals surface area contributed by atoms with Crippen LogP contribution in [0.2, 0.25) is 0 Å². The Labute approximate surface area is 112 Å². The van der Waals surface area contributed by atoms with Crippen molar-refractivity contribution in [3.8, 4) is 11.1 Å². The normalized spacial score (nSPS) is 10.4. The quantitative estimate of drug-likeness (QED) is 0.893. The lowest BCUT2D eigenvalue weighted by molar-refractivity contribution is 0.0696. The van der Waals surface area contributed by atoms with Crippen LogP contribution < -0.4 is 0 Å². The molecule has 0 aliphatic carbocycles. The number of carboxylic acid groups (broad SMARTS) is 1. The highest BCUT2D eigenvalue weighted by Crippen LogP contribution is 2.25. The van der Waals surface area contributed by atoms with E-state index in [-0.39, 0.29) is 0 Å². The molecule has 0 spiro atoms. The molecule has 98 valence electrons. The van der Waals surface area contributed by atoms with Crippen LogP contribution in [0.4, 0.5) is 0 Å². The zero-order chi connectivity index (χ0) is 13.7. The molecule has 2 aromatic rings. The number of methoxy groups -OCH3 is 1. The summed E-state index contributed by atoms with van der Waals surface area (Å²) in [6, 6.07) is 15.2. The number of carbonyl (C=O) groups is 1. The fourth-order valence-corrected chi connectivity index (χ4v) is 2.04. The average molecular weight is 256 g/mol. The number of rotatable bonds is 5. The van der Waals surface area contributed by atoms with Gasteiger partial charge >= 0.3 is 5.97 Å². The lowest BCUT2D eigenvalue weighted by atomic mass is 9.96. The smallest absolute Gasteiger partial charge is 0.335 e. The number of carboxylic acids is 1. The molecule has 2 aromatic carbocycles. The Balaban J connectivity index is 2.44. The van der Waals surface area contributed by atoms with Crippen LogP contribution in [0, 0.1) is 0 Å². The monoisotopic (exact) mass is 256 g/mol. The van der Waals surface area contributed by atoms with Gasteiger partial charge in [0.25, 0.3) is 0 Å². The highest BCUT2D eigenvalue weighted by Gasteiger charge is 2.09. The van der Waals surface area contributed by atoms with Gasteiger partial charge in [0.2, 0.25) is 0 Å². The van der Waals surface area contributed by atoms with Crippen LogP contribution >= 0.6 is 0 Å². The first kappa shape index (κ1) is 13.3. The molecule has 0 atom stereocenters. The third kappa shape index (κ3) is 3.20. The zero-order valence-electron chi connectivity index (χ0n) is 10.8. The minimum absolute atomic E-state index is 0.311. The van der Waals surface area contributed by atoms with Gasteiger partial charge in [0, 0.05) is 7.11 Å². The fourth-order valence-electron chi connectivity index (χ4n) is 2.04. The first-order valence-corrected chi connectivity index (χ1v) is 6.13. The number of benzene rings is 2. The Kier molecular flexibility index (Phi) is 4.31. The van der Waals surface area contributed by atoms with Gasteiger partial charge in [-0.25, -0.2) is 4.79 Å². The highest BCUT2D eigenvalue weighted by atomic mass is 16.5. The van der Waals surface area contributed by atoms with Crippen molar-refractivity contribution in [2.24, 2.45) is 0 Å². The Hall–Kier alpha value is -2.13. The van der Waals surface area contributed by atoms with Crippen LogP contribution in [0.15, 0.2) is 48.5 Å². The van der Waals surface area contributed by atoms with Crippen LogP contribution in [-0.4, -0.2) is 24.8 Å². The van der Waals surface area contributed by atoms with Gasteiger partial charge in [0.15, 0.2) is 0 Å². The maximum absolute atomic E-state index is 11.0. The molecule has 0 fully saturated rings. The van der Waals surface area contributed by atoms with E-state index < -0.39 is 5.97 Å². The average Bonchev–Trinajstić information content (AvgIpc) is 2.45. The first-order valence-electron chi connectivity index (χ1n) is 6.13. The molecular formula is C16H16O3. The molecule has 0 radical (unpaired) electrons. The Morgan fingerprint density at radius 3 is 2.53 bits per heavy atom. The summed E-state index contributed by atoms with van der Waals surface area (Å²) in [6.45, 7) is 0.572. The highest BCUT2D eigenvalue weighted by molar-refractivity contribution is 5.89. The molecule has 3 nitrogen and oxygen atoms in total. The van der Waals surface area contributed by atoms with E-state index in [1.807, 2.05) is 36.4 Å². The summed E-state index contributed by atoms with van der Waals surface area (Å²) in [5.41, 5.74) is 3.45. The Morgan fingerprint density at radius 2 is 1.89 bits per heavy atom. The van der Waals surface area contributed by atoms with Crippen LogP contribution in [-0.2, 0) is 11.2 Å². The van der Waals surface area contributed by atoms with Gasteiger partial charge in [-0.2, -0.15) is 0 Å². The Bertz CT molecular complexity index is 561. The van der Waals surface area contributed by atoms with Crippen LogP contribution in [0.1, 0.15) is 15.9 Å². The molecule has 0 heterocycles. The number of ether oxygens (including phenoxy) is 1. The molecule has 0 saturated heterocycles. The second-order valence-corrected chi connectivity index (χ2v) is 4.29. The predicted octanol–water partition coefficient (Wildman–Crippen LogP) is 3.24. The largest absolute Gasteiger partial charge is 0.478 e. The standard InChI is InChI=1S/C16H16O3/c1-19-10-9-13-11-14(16(17)18)7-8-15(13)12-5-3-2-4-6-12/h2-8,11H,9-10H2,1H3,(H,17,18). The summed E-state index contributed by atoms with van der Waals surface area (Å²) in [5.74, 6) is -0.904. The van der Waals surface area contributed by atoms with E-state index in [0.717, 1.165) is 16.7 Å². The maximum Gasteiger partial charge on any atom is 0.335 e. The minimum Gasteiger partial charge on any atom is -0.478 e. The Morgan fingerprint density at radius 1 is 1.16 bits per heavy atom. The van der Waals surface area contributed by atoms with Crippen molar-refractivity contribution in [1.82, 2.24) is 0 Å². The van der Waals surface area contributed by atoms with E-state index in [2.05, 4.69) is 0 Å². The van der Waals surface area contributed by atoms with Crippen molar-refractivity contribution >= 4 is 5.97 Å². The van der Waals surface area contributed by atoms with Crippen LogP contribution in [0.3, 0.4) is 0 Å². The second kappa shape index (κ2) is 6.16. The van der Waals surface area contributed by atoms with E-state index in [4.69, 9.17) is 9.84 Å². The summed E-state index contributed by atoms with van der Waals surface area (Å²) in [4.78, 5) is 11.0. The van der Waals surface area contributed by atoms with Crippen molar-refractivity contribution in [1.29, 1.82) is 0 Å². The SMILES string of the molecule is COCCc1cc(C(=O)O)ccc1-c1ccccc1. The molecule has 0 saturated carbocycles. The summed E-state index contributed by atoms with van der Waals surface area (Å²) < 4.78 is 5.09. The van der Waals surface area contributed by atoms with Gasteiger partial charge in [-0.3, -0.25) is 0 Å². The van der Waals surface area contributed by atoms with E-state index in [1.54, 1.807) is 19.2 Å². The maximum atomic E-state index is 11.0. The third-order valence-electron chi connectivity index (χ3n) is 3.01. The van der Waals surface area contributed by atoms with Crippen LogP contribution in [0.25, 0.3) is 11.1 Å². The van der Waals surface area contributed by atoms with E-state index in [0.29, 0.717) is 18.6 Å². The molecule has 0 unspecified atom stereocenters. The molecule has 1 N–H and O–H groups in total. The topological polar surface area (TPSA) is 46.5 Å². The van der Waals surface area contributed by atoms with E-state index in [1.165, 1.54) is 0 Å². The fraction of sp³-hybridized carbons (Fsp3) is 0.188. The number of hydrogen-bond acceptors (Lipinski definition) is 2. The molecule has 0 aliphatic rings. The lowest BCUT2D eigenvalue weighted by Crippen LogP contribution is -2.02. The minimum atomic E-state index is -0.904. The van der Waals surface area contributed by atoms with Gasteiger partial charge in [-0.05, 0) is 35.2 Å². The zero-order valence-corrected chi connectivity index (χ0v) is 10.8. The molecule has 19 heavy (non-hydrogen) atoms. The van der Waals surface area contributed by atoms with Gasteiger partial charge in [-0.15, -0.1) is 0 Å². The lowest BCUT2D eigenvalue weighted by Gasteiger charge is -2.10. The number of aromatic carboxylic acids is 1. The van der Waals surface area contributed by atoms with Crippen molar-refractivity contribution in [2.75, 3.05) is 13.7 Å². The summed E-state index contributed by atoms with van der Waals surface area (Å²) in [7, 11) is 1.64. The van der Waals surface area contributed by atoms with Crippen molar-refractivity contribution in [3.05, 3.63) is 59.7 Å². The predicted molar refractivity (Wildman–Crippen MR) is 74.4 cm³/mol.